The Hall–Kier alpha value is -0.0000000000000000416. The Labute approximate surface area is 113 Å². The van der Waals surface area contributed by atoms with Crippen molar-refractivity contribution in [2.45, 2.75) is 40.0 Å². The minimum Gasteiger partial charge on any atom is -0.302 e. The van der Waals surface area contributed by atoms with Crippen LogP contribution in [0.4, 0.5) is 0 Å². The number of rotatable bonds is 9. The highest BCUT2D eigenvalue weighted by Gasteiger charge is 2.32. The summed E-state index contributed by atoms with van der Waals surface area (Å²) in [4.78, 5) is 25.8. The third-order valence-electron chi connectivity index (χ3n) is 2.29. The molecule has 7 nitrogen and oxygen atoms in total. The van der Waals surface area contributed by atoms with E-state index < -0.39 is 15.6 Å². The zero-order valence-corrected chi connectivity index (χ0v) is 13.1. The Kier molecular flexibility index (Phi) is 8.32. The Bertz CT molecular complexity index is 383. The lowest BCUT2D eigenvalue weighted by Gasteiger charge is -2.14. The van der Waals surface area contributed by atoms with Gasteiger partial charge < -0.3 is 14.7 Å². The standard InChI is InChI=1S/C10H22O7P2/c1-9(2)5-4-6-10(3)7-8-16-19(14,15)17-18(11,12)13/h5,10H,4,6-8H2,1-3H3,(H,14,15)(H2,11,12,13)/t10-/m1/s1. The minimum absolute atomic E-state index is 0.0935. The molecule has 0 bridgehead atoms. The molecule has 3 N–H and O–H groups in total. The average Bonchev–Trinajstić information content (AvgIpc) is 2.12. The van der Waals surface area contributed by atoms with Gasteiger partial charge in [0.2, 0.25) is 0 Å². The highest BCUT2D eigenvalue weighted by atomic mass is 31.3. The van der Waals surface area contributed by atoms with Gasteiger partial charge in [-0.2, -0.15) is 4.31 Å². The van der Waals surface area contributed by atoms with Gasteiger partial charge >= 0.3 is 15.6 Å². The molecule has 0 aliphatic rings. The Balaban J connectivity index is 3.93. The molecular weight excluding hydrogens is 294 g/mol. The van der Waals surface area contributed by atoms with Crippen LogP contribution in [-0.4, -0.2) is 21.3 Å². The van der Waals surface area contributed by atoms with Gasteiger partial charge in [-0.3, -0.25) is 4.52 Å². The lowest BCUT2D eigenvalue weighted by Crippen LogP contribution is -2.02. The molecule has 0 aromatic carbocycles. The largest absolute Gasteiger partial charge is 0.481 e. The molecule has 0 aliphatic carbocycles. The normalized spacial score (nSPS) is 16.7. The summed E-state index contributed by atoms with van der Waals surface area (Å²) < 4.78 is 29.7. The van der Waals surface area contributed by atoms with E-state index in [9.17, 15) is 9.13 Å². The first-order chi connectivity index (χ1) is 8.52. The summed E-state index contributed by atoms with van der Waals surface area (Å²) in [5.41, 5.74) is 1.23. The molecule has 0 saturated heterocycles. The molecule has 9 heteroatoms. The van der Waals surface area contributed by atoms with Crippen LogP contribution in [0.15, 0.2) is 11.6 Å². The molecule has 1 unspecified atom stereocenters. The number of phosphoric acid groups is 2. The quantitative estimate of drug-likeness (QED) is 0.442. The Morgan fingerprint density at radius 3 is 2.26 bits per heavy atom. The topological polar surface area (TPSA) is 113 Å². The third-order valence-corrected chi connectivity index (χ3v) is 4.47. The average molecular weight is 316 g/mol. The van der Waals surface area contributed by atoms with E-state index in [1.807, 2.05) is 20.8 Å². The van der Waals surface area contributed by atoms with Crippen molar-refractivity contribution in [3.05, 3.63) is 11.6 Å². The molecule has 0 aromatic rings. The first-order valence-electron chi connectivity index (χ1n) is 5.89. The molecular formula is C10H22O7P2. The van der Waals surface area contributed by atoms with Crippen molar-refractivity contribution in [2.75, 3.05) is 6.61 Å². The summed E-state index contributed by atoms with van der Waals surface area (Å²) >= 11 is 0. The second-order valence-electron chi connectivity index (χ2n) is 4.63. The number of allylic oxidation sites excluding steroid dienone is 2. The summed E-state index contributed by atoms with van der Waals surface area (Å²) in [5, 5.41) is 0. The molecule has 0 aromatic heterocycles. The lowest BCUT2D eigenvalue weighted by molar-refractivity contribution is 0.170. The fourth-order valence-electron chi connectivity index (χ4n) is 1.33. The monoisotopic (exact) mass is 316 g/mol. The predicted molar refractivity (Wildman–Crippen MR) is 71.4 cm³/mol. The van der Waals surface area contributed by atoms with Crippen LogP contribution in [0.5, 0.6) is 0 Å². The van der Waals surface area contributed by atoms with Crippen LogP contribution in [0, 0.1) is 5.92 Å². The van der Waals surface area contributed by atoms with E-state index in [0.717, 1.165) is 12.8 Å². The van der Waals surface area contributed by atoms with Crippen LogP contribution < -0.4 is 0 Å². The van der Waals surface area contributed by atoms with Gasteiger partial charge in [-0.1, -0.05) is 18.6 Å². The van der Waals surface area contributed by atoms with Crippen LogP contribution in [0.1, 0.15) is 40.0 Å². The van der Waals surface area contributed by atoms with Gasteiger partial charge in [-0.25, -0.2) is 9.13 Å². The van der Waals surface area contributed by atoms with Gasteiger partial charge in [0.15, 0.2) is 0 Å². The van der Waals surface area contributed by atoms with Crippen molar-refractivity contribution < 1.29 is 32.6 Å². The van der Waals surface area contributed by atoms with Gasteiger partial charge in [0.1, 0.15) is 0 Å². The zero-order chi connectivity index (χ0) is 15.1. The number of hydrogen-bond donors (Lipinski definition) is 3. The maximum Gasteiger partial charge on any atom is 0.481 e. The van der Waals surface area contributed by atoms with E-state index >= 15 is 0 Å². The van der Waals surface area contributed by atoms with Crippen molar-refractivity contribution in [1.29, 1.82) is 0 Å². The summed E-state index contributed by atoms with van der Waals surface area (Å²) in [6, 6.07) is 0. The molecule has 0 amide bonds. The third kappa shape index (κ3) is 12.8. The Morgan fingerprint density at radius 1 is 1.21 bits per heavy atom. The SMILES string of the molecule is CC(C)=CCC[C@@H](C)CCOP(=O)(O)OP(=O)(O)O. The molecule has 19 heavy (non-hydrogen) atoms. The highest BCUT2D eigenvalue weighted by Crippen LogP contribution is 2.57. The molecule has 0 heterocycles. The van der Waals surface area contributed by atoms with Crippen LogP contribution in [0.2, 0.25) is 0 Å². The van der Waals surface area contributed by atoms with Crippen LogP contribution >= 0.6 is 15.6 Å². The van der Waals surface area contributed by atoms with Crippen molar-refractivity contribution in [2.24, 2.45) is 5.92 Å². The van der Waals surface area contributed by atoms with E-state index in [2.05, 4.69) is 14.9 Å². The number of hydrogen-bond acceptors (Lipinski definition) is 4. The maximum absolute atomic E-state index is 11.1. The van der Waals surface area contributed by atoms with Crippen molar-refractivity contribution >= 4 is 15.6 Å². The van der Waals surface area contributed by atoms with E-state index in [-0.39, 0.29) is 12.5 Å². The highest BCUT2D eigenvalue weighted by molar-refractivity contribution is 7.60. The summed E-state index contributed by atoms with van der Waals surface area (Å²) in [5.74, 6) is 0.269. The molecule has 0 spiro atoms. The second kappa shape index (κ2) is 8.32. The van der Waals surface area contributed by atoms with Gasteiger partial charge in [-0.05, 0) is 39.0 Å². The maximum atomic E-state index is 11.1. The van der Waals surface area contributed by atoms with Crippen LogP contribution in [-0.2, 0) is 18.0 Å². The Morgan fingerprint density at radius 2 is 1.79 bits per heavy atom. The molecule has 0 radical (unpaired) electrons. The number of phosphoric ester groups is 1. The van der Waals surface area contributed by atoms with Crippen molar-refractivity contribution in [3.8, 4) is 0 Å². The fourth-order valence-corrected chi connectivity index (χ4v) is 2.93. The molecule has 0 rings (SSSR count). The van der Waals surface area contributed by atoms with E-state index in [1.165, 1.54) is 5.57 Å². The van der Waals surface area contributed by atoms with E-state index in [4.69, 9.17) is 14.7 Å². The smallest absolute Gasteiger partial charge is 0.302 e. The van der Waals surface area contributed by atoms with Crippen LogP contribution in [0.3, 0.4) is 0 Å². The lowest BCUT2D eigenvalue weighted by atomic mass is 10.0. The van der Waals surface area contributed by atoms with Crippen LogP contribution in [0.25, 0.3) is 0 Å². The molecule has 0 aliphatic heterocycles. The fraction of sp³-hybridized carbons (Fsp3) is 0.800. The van der Waals surface area contributed by atoms with Gasteiger partial charge in [-0.15, -0.1) is 0 Å². The molecule has 0 saturated carbocycles. The molecule has 2 atom stereocenters. The summed E-state index contributed by atoms with van der Waals surface area (Å²) in [6.07, 6.45) is 4.43. The zero-order valence-electron chi connectivity index (χ0n) is 11.4. The molecule has 114 valence electrons. The van der Waals surface area contributed by atoms with Gasteiger partial charge in [0, 0.05) is 0 Å². The van der Waals surface area contributed by atoms with Crippen molar-refractivity contribution in [3.63, 3.8) is 0 Å². The molecule has 0 fully saturated rings. The van der Waals surface area contributed by atoms with Crippen molar-refractivity contribution in [1.82, 2.24) is 0 Å². The van der Waals surface area contributed by atoms with Gasteiger partial charge in [0.25, 0.3) is 0 Å². The first-order valence-corrected chi connectivity index (χ1v) is 8.92. The predicted octanol–water partition coefficient (Wildman–Crippen LogP) is 2.99. The second-order valence-corrected chi connectivity index (χ2v) is 7.46. The van der Waals surface area contributed by atoms with E-state index in [1.54, 1.807) is 0 Å². The first kappa shape index (κ1) is 19.0. The van der Waals surface area contributed by atoms with E-state index in [0.29, 0.717) is 6.42 Å². The summed E-state index contributed by atoms with van der Waals surface area (Å²) in [6.45, 7) is 5.89. The summed E-state index contributed by atoms with van der Waals surface area (Å²) in [7, 11) is -9.71. The van der Waals surface area contributed by atoms with Gasteiger partial charge in [0.05, 0.1) is 6.61 Å². The minimum atomic E-state index is -5.03.